The van der Waals surface area contributed by atoms with Crippen LogP contribution >= 0.6 is 0 Å². The van der Waals surface area contributed by atoms with Gasteiger partial charge in [0, 0.05) is 19.7 Å². The number of rotatable bonds is 2. The van der Waals surface area contributed by atoms with Gasteiger partial charge in [0.1, 0.15) is 0 Å². The molecule has 0 aromatic rings. The molecule has 3 N–H and O–H groups in total. The maximum atomic E-state index is 10.9. The highest BCUT2D eigenvalue weighted by molar-refractivity contribution is 5.82. The second-order valence-electron chi connectivity index (χ2n) is 2.31. The van der Waals surface area contributed by atoms with Crippen LogP contribution in [0.5, 0.6) is 0 Å². The van der Waals surface area contributed by atoms with Crippen molar-refractivity contribution >= 4 is 5.91 Å². The van der Waals surface area contributed by atoms with Gasteiger partial charge in [0.15, 0.2) is 0 Å². The van der Waals surface area contributed by atoms with Crippen LogP contribution in [0.3, 0.4) is 0 Å². The maximum absolute atomic E-state index is 10.9. The van der Waals surface area contributed by atoms with Crippen molar-refractivity contribution in [1.82, 2.24) is 10.6 Å². The van der Waals surface area contributed by atoms with Crippen LogP contribution in [-0.4, -0.2) is 36.8 Å². The molecule has 0 unspecified atom stereocenters. The van der Waals surface area contributed by atoms with E-state index in [1.54, 1.807) is 0 Å². The van der Waals surface area contributed by atoms with Crippen LogP contribution in [-0.2, 0) is 4.79 Å². The summed E-state index contributed by atoms with van der Waals surface area (Å²) in [5.41, 5.74) is 0. The summed E-state index contributed by atoms with van der Waals surface area (Å²) in [6.07, 6.45) is 0.506. The monoisotopic (exact) mass is 144 g/mol. The summed E-state index contributed by atoms with van der Waals surface area (Å²) in [5.74, 6) is 0.000278. The highest BCUT2D eigenvalue weighted by atomic mass is 16.3. The van der Waals surface area contributed by atoms with Crippen molar-refractivity contribution in [3.63, 3.8) is 0 Å². The average molecular weight is 144 g/mol. The normalized spacial score (nSPS) is 26.1. The van der Waals surface area contributed by atoms with Gasteiger partial charge < -0.3 is 15.7 Å². The first-order valence-electron chi connectivity index (χ1n) is 3.46. The van der Waals surface area contributed by atoms with Crippen molar-refractivity contribution < 1.29 is 9.90 Å². The second kappa shape index (κ2) is 3.53. The molecule has 1 fully saturated rings. The first-order chi connectivity index (χ1) is 4.84. The van der Waals surface area contributed by atoms with Crippen LogP contribution in [0.2, 0.25) is 0 Å². The van der Waals surface area contributed by atoms with Crippen LogP contribution < -0.4 is 10.6 Å². The molecule has 1 aliphatic heterocycles. The molecule has 1 atom stereocenters. The van der Waals surface area contributed by atoms with Crippen LogP contribution in [0.25, 0.3) is 0 Å². The number of carbonyl (C=O) groups excluding carboxylic acids is 1. The Kier molecular flexibility index (Phi) is 2.65. The topological polar surface area (TPSA) is 61.4 Å². The highest BCUT2D eigenvalue weighted by Gasteiger charge is 2.19. The van der Waals surface area contributed by atoms with E-state index in [1.165, 1.54) is 0 Å². The fraction of sp³-hybridized carbons (Fsp3) is 0.833. The van der Waals surface area contributed by atoms with Crippen LogP contribution in [0, 0.1) is 0 Å². The smallest absolute Gasteiger partial charge is 0.237 e. The molecule has 4 nitrogen and oxygen atoms in total. The van der Waals surface area contributed by atoms with Gasteiger partial charge >= 0.3 is 0 Å². The predicted molar refractivity (Wildman–Crippen MR) is 36.5 cm³/mol. The van der Waals surface area contributed by atoms with Crippen LogP contribution in [0.4, 0.5) is 0 Å². The van der Waals surface area contributed by atoms with Crippen molar-refractivity contribution in [3.8, 4) is 0 Å². The molecule has 58 valence electrons. The van der Waals surface area contributed by atoms with Gasteiger partial charge in [-0.05, 0) is 6.42 Å². The number of amides is 1. The minimum absolute atomic E-state index is 0.000278. The summed E-state index contributed by atoms with van der Waals surface area (Å²) in [7, 11) is 0. The third-order valence-corrected chi connectivity index (χ3v) is 1.55. The third kappa shape index (κ3) is 1.68. The van der Waals surface area contributed by atoms with E-state index < -0.39 is 0 Å². The van der Waals surface area contributed by atoms with E-state index in [4.69, 9.17) is 5.11 Å². The zero-order valence-corrected chi connectivity index (χ0v) is 5.76. The molecule has 1 saturated heterocycles. The van der Waals surface area contributed by atoms with E-state index in [0.29, 0.717) is 13.0 Å². The summed E-state index contributed by atoms with van der Waals surface area (Å²) >= 11 is 0. The standard InChI is InChI=1S/C6H12N2O2/c9-4-1-5-6(10)8-3-2-7-5/h5,7,9H,1-4H2,(H,8,10)/t5-/m0/s1. The molecule has 1 amide bonds. The van der Waals surface area contributed by atoms with E-state index in [2.05, 4.69) is 10.6 Å². The van der Waals surface area contributed by atoms with E-state index in [1.807, 2.05) is 0 Å². The molecule has 0 radical (unpaired) electrons. The molecule has 4 heteroatoms. The lowest BCUT2D eigenvalue weighted by Gasteiger charge is -2.22. The summed E-state index contributed by atoms with van der Waals surface area (Å²) < 4.78 is 0. The predicted octanol–water partition coefficient (Wildman–Crippen LogP) is -1.54. The molecule has 10 heavy (non-hydrogen) atoms. The Morgan fingerprint density at radius 1 is 1.60 bits per heavy atom. The Morgan fingerprint density at radius 2 is 2.40 bits per heavy atom. The lowest BCUT2D eigenvalue weighted by atomic mass is 10.1. The number of piperazine rings is 1. The molecule has 1 aliphatic rings. The number of aliphatic hydroxyl groups excluding tert-OH is 1. The van der Waals surface area contributed by atoms with E-state index in [9.17, 15) is 4.79 Å². The van der Waals surface area contributed by atoms with E-state index in [0.717, 1.165) is 6.54 Å². The van der Waals surface area contributed by atoms with Gasteiger partial charge in [-0.1, -0.05) is 0 Å². The zero-order valence-electron chi connectivity index (χ0n) is 5.76. The lowest BCUT2D eigenvalue weighted by Crippen LogP contribution is -2.53. The number of hydrogen-bond acceptors (Lipinski definition) is 3. The van der Waals surface area contributed by atoms with Gasteiger partial charge in [-0.2, -0.15) is 0 Å². The van der Waals surface area contributed by atoms with Gasteiger partial charge in [-0.15, -0.1) is 0 Å². The van der Waals surface area contributed by atoms with Gasteiger partial charge in [-0.3, -0.25) is 4.79 Å². The Morgan fingerprint density at radius 3 is 3.00 bits per heavy atom. The molecular formula is C6H12N2O2. The van der Waals surface area contributed by atoms with E-state index in [-0.39, 0.29) is 18.6 Å². The Balaban J connectivity index is 2.32. The van der Waals surface area contributed by atoms with Crippen molar-refractivity contribution in [2.45, 2.75) is 12.5 Å². The lowest BCUT2D eigenvalue weighted by molar-refractivity contribution is -0.124. The Labute approximate surface area is 59.6 Å². The molecule has 0 aromatic heterocycles. The first kappa shape index (κ1) is 7.50. The van der Waals surface area contributed by atoms with Crippen molar-refractivity contribution in [3.05, 3.63) is 0 Å². The Hall–Kier alpha value is -0.610. The number of carbonyl (C=O) groups is 1. The summed E-state index contributed by atoms with van der Waals surface area (Å²) in [5, 5.41) is 14.2. The largest absolute Gasteiger partial charge is 0.396 e. The summed E-state index contributed by atoms with van der Waals surface area (Å²) in [4.78, 5) is 10.9. The highest BCUT2D eigenvalue weighted by Crippen LogP contribution is 1.93. The fourth-order valence-electron chi connectivity index (χ4n) is 1.01. The Bertz CT molecular complexity index is 125. The molecule has 1 rings (SSSR count). The number of hydrogen-bond donors (Lipinski definition) is 3. The fourth-order valence-corrected chi connectivity index (χ4v) is 1.01. The SMILES string of the molecule is O=C1NCCN[C@H]1CCO. The van der Waals surface area contributed by atoms with Gasteiger partial charge in [0.2, 0.25) is 5.91 Å². The van der Waals surface area contributed by atoms with Crippen molar-refractivity contribution in [1.29, 1.82) is 0 Å². The first-order valence-corrected chi connectivity index (χ1v) is 3.46. The van der Waals surface area contributed by atoms with Crippen LogP contribution in [0.1, 0.15) is 6.42 Å². The van der Waals surface area contributed by atoms with Gasteiger partial charge in [0.25, 0.3) is 0 Å². The van der Waals surface area contributed by atoms with Crippen molar-refractivity contribution in [2.75, 3.05) is 19.7 Å². The molecule has 0 spiro atoms. The quantitative estimate of drug-likeness (QED) is 0.440. The average Bonchev–Trinajstić information content (AvgIpc) is 1.94. The van der Waals surface area contributed by atoms with Crippen molar-refractivity contribution in [2.24, 2.45) is 0 Å². The number of nitrogens with one attached hydrogen (secondary N) is 2. The minimum atomic E-state index is -0.182. The van der Waals surface area contributed by atoms with Gasteiger partial charge in [0.05, 0.1) is 6.04 Å². The molecule has 0 aliphatic carbocycles. The minimum Gasteiger partial charge on any atom is -0.396 e. The molecule has 0 saturated carbocycles. The van der Waals surface area contributed by atoms with E-state index >= 15 is 0 Å². The second-order valence-corrected chi connectivity index (χ2v) is 2.31. The van der Waals surface area contributed by atoms with Gasteiger partial charge in [-0.25, -0.2) is 0 Å². The molecule has 1 heterocycles. The summed E-state index contributed by atoms with van der Waals surface area (Å²) in [6.45, 7) is 1.56. The third-order valence-electron chi connectivity index (χ3n) is 1.55. The van der Waals surface area contributed by atoms with Crippen LogP contribution in [0.15, 0.2) is 0 Å². The zero-order chi connectivity index (χ0) is 7.40. The maximum Gasteiger partial charge on any atom is 0.237 e. The molecule has 0 bridgehead atoms. The molecule has 0 aromatic carbocycles. The number of aliphatic hydroxyl groups is 1. The molecular weight excluding hydrogens is 132 g/mol. The summed E-state index contributed by atoms with van der Waals surface area (Å²) in [6, 6.07) is -0.182.